The third-order valence-corrected chi connectivity index (χ3v) is 3.72. The molecular weight excluding hydrogens is 298 g/mol. The summed E-state index contributed by atoms with van der Waals surface area (Å²) >= 11 is 6.12. The summed E-state index contributed by atoms with van der Waals surface area (Å²) in [7, 11) is 1.62. The molecule has 1 N–H and O–H groups in total. The normalized spacial score (nSPS) is 13.8. The van der Waals surface area contributed by atoms with Gasteiger partial charge in [0.05, 0.1) is 0 Å². The van der Waals surface area contributed by atoms with Crippen molar-refractivity contribution in [2.45, 2.75) is 11.5 Å². The second-order valence-corrected chi connectivity index (χ2v) is 5.40. The second-order valence-electron chi connectivity index (χ2n) is 4.93. The van der Waals surface area contributed by atoms with E-state index in [-0.39, 0.29) is 5.91 Å². The van der Waals surface area contributed by atoms with Crippen molar-refractivity contribution in [3.63, 3.8) is 0 Å². The minimum Gasteiger partial charge on any atom is -0.386 e. The van der Waals surface area contributed by atoms with Crippen molar-refractivity contribution in [3.8, 4) is 0 Å². The SMILES string of the molecule is CN(/C=C\c1ccccc1)C(=O)C(Cl)C(O)c1ccccc1. The number of hydrogen-bond donors (Lipinski definition) is 1. The Balaban J connectivity index is 2.02. The molecule has 114 valence electrons. The Morgan fingerprint density at radius 2 is 1.64 bits per heavy atom. The van der Waals surface area contributed by atoms with Crippen LogP contribution in [0.3, 0.4) is 0 Å². The number of rotatable bonds is 5. The average Bonchev–Trinajstić information content (AvgIpc) is 2.59. The first kappa shape index (κ1) is 16.3. The lowest BCUT2D eigenvalue weighted by Gasteiger charge is -2.21. The first-order valence-corrected chi connectivity index (χ1v) is 7.40. The standard InChI is InChI=1S/C18H18ClNO2/c1-20(13-12-14-8-4-2-5-9-14)18(22)16(19)17(21)15-10-6-3-7-11-15/h2-13,16-17,21H,1H3/b13-12-. The molecule has 0 spiro atoms. The lowest BCUT2D eigenvalue weighted by atomic mass is 10.1. The van der Waals surface area contributed by atoms with E-state index in [1.165, 1.54) is 4.90 Å². The summed E-state index contributed by atoms with van der Waals surface area (Å²) < 4.78 is 0. The zero-order chi connectivity index (χ0) is 15.9. The molecule has 0 radical (unpaired) electrons. The maximum absolute atomic E-state index is 12.3. The minimum absolute atomic E-state index is 0.356. The monoisotopic (exact) mass is 315 g/mol. The molecule has 0 bridgehead atoms. The lowest BCUT2D eigenvalue weighted by Crippen LogP contribution is -2.33. The van der Waals surface area contributed by atoms with Crippen LogP contribution in [-0.2, 0) is 4.79 Å². The molecule has 0 fully saturated rings. The molecule has 0 aromatic heterocycles. The Labute approximate surface area is 135 Å². The van der Waals surface area contributed by atoms with Crippen molar-refractivity contribution in [2.75, 3.05) is 7.05 Å². The third-order valence-electron chi connectivity index (χ3n) is 3.29. The highest BCUT2D eigenvalue weighted by Gasteiger charge is 2.27. The van der Waals surface area contributed by atoms with Crippen molar-refractivity contribution in [3.05, 3.63) is 78.0 Å². The summed E-state index contributed by atoms with van der Waals surface area (Å²) in [6, 6.07) is 18.6. The van der Waals surface area contributed by atoms with Crippen LogP contribution in [0.5, 0.6) is 0 Å². The summed E-state index contributed by atoms with van der Waals surface area (Å²) in [6.45, 7) is 0. The number of benzene rings is 2. The Morgan fingerprint density at radius 3 is 2.23 bits per heavy atom. The van der Waals surface area contributed by atoms with E-state index in [1.54, 1.807) is 37.5 Å². The molecule has 0 aliphatic carbocycles. The molecule has 3 nitrogen and oxygen atoms in total. The zero-order valence-electron chi connectivity index (χ0n) is 12.3. The van der Waals surface area contributed by atoms with Gasteiger partial charge in [-0.2, -0.15) is 0 Å². The number of hydrogen-bond acceptors (Lipinski definition) is 2. The van der Waals surface area contributed by atoms with Gasteiger partial charge >= 0.3 is 0 Å². The van der Waals surface area contributed by atoms with Gasteiger partial charge in [-0.3, -0.25) is 4.79 Å². The van der Waals surface area contributed by atoms with Crippen molar-refractivity contribution < 1.29 is 9.90 Å². The van der Waals surface area contributed by atoms with Crippen LogP contribution in [0.4, 0.5) is 0 Å². The van der Waals surface area contributed by atoms with Crippen LogP contribution in [0.15, 0.2) is 66.9 Å². The lowest BCUT2D eigenvalue weighted by molar-refractivity contribution is -0.129. The fourth-order valence-corrected chi connectivity index (χ4v) is 2.28. The molecule has 0 heterocycles. The van der Waals surface area contributed by atoms with E-state index in [0.29, 0.717) is 5.56 Å². The molecule has 2 rings (SSSR count). The Morgan fingerprint density at radius 1 is 1.09 bits per heavy atom. The molecule has 2 atom stereocenters. The van der Waals surface area contributed by atoms with Crippen LogP contribution in [0.25, 0.3) is 6.08 Å². The number of alkyl halides is 1. The maximum Gasteiger partial charge on any atom is 0.247 e. The quantitative estimate of drug-likeness (QED) is 0.858. The van der Waals surface area contributed by atoms with Crippen molar-refractivity contribution >= 4 is 23.6 Å². The van der Waals surface area contributed by atoms with Crippen LogP contribution in [0, 0.1) is 0 Å². The number of carbonyl (C=O) groups excluding carboxylic acids is 1. The maximum atomic E-state index is 12.3. The summed E-state index contributed by atoms with van der Waals surface area (Å²) in [5, 5.41) is 9.16. The van der Waals surface area contributed by atoms with Crippen LogP contribution in [-0.4, -0.2) is 28.3 Å². The van der Waals surface area contributed by atoms with Crippen LogP contribution < -0.4 is 0 Å². The highest BCUT2D eigenvalue weighted by Crippen LogP contribution is 2.22. The molecule has 1 amide bonds. The van der Waals surface area contributed by atoms with E-state index in [9.17, 15) is 9.90 Å². The van der Waals surface area contributed by atoms with E-state index >= 15 is 0 Å². The summed E-state index contributed by atoms with van der Waals surface area (Å²) in [5.41, 5.74) is 1.60. The summed E-state index contributed by atoms with van der Waals surface area (Å²) in [6.07, 6.45) is 2.42. The van der Waals surface area contributed by atoms with Gasteiger partial charge in [0.15, 0.2) is 0 Å². The van der Waals surface area contributed by atoms with Gasteiger partial charge in [-0.15, -0.1) is 11.6 Å². The summed E-state index contributed by atoms with van der Waals surface area (Å²) in [4.78, 5) is 13.6. The zero-order valence-corrected chi connectivity index (χ0v) is 13.0. The minimum atomic E-state index is -1.04. The fourth-order valence-electron chi connectivity index (χ4n) is 1.98. The van der Waals surface area contributed by atoms with Gasteiger partial charge in [0.25, 0.3) is 0 Å². The molecule has 0 saturated heterocycles. The van der Waals surface area contributed by atoms with E-state index in [4.69, 9.17) is 11.6 Å². The summed E-state index contributed by atoms with van der Waals surface area (Å²) in [5.74, 6) is -0.356. The van der Waals surface area contributed by atoms with Crippen LogP contribution in [0.1, 0.15) is 17.2 Å². The smallest absolute Gasteiger partial charge is 0.247 e. The van der Waals surface area contributed by atoms with Crippen molar-refractivity contribution in [1.29, 1.82) is 0 Å². The highest BCUT2D eigenvalue weighted by molar-refractivity contribution is 6.31. The van der Waals surface area contributed by atoms with E-state index < -0.39 is 11.5 Å². The van der Waals surface area contributed by atoms with Gasteiger partial charge < -0.3 is 10.0 Å². The van der Waals surface area contributed by atoms with E-state index in [2.05, 4.69) is 0 Å². The predicted octanol–water partition coefficient (Wildman–Crippen LogP) is 3.46. The van der Waals surface area contributed by atoms with E-state index in [1.807, 2.05) is 42.5 Å². The second kappa shape index (κ2) is 7.78. The van der Waals surface area contributed by atoms with Gasteiger partial charge in [-0.05, 0) is 17.2 Å². The van der Waals surface area contributed by atoms with Gasteiger partial charge in [-0.1, -0.05) is 60.7 Å². The molecule has 0 aliphatic rings. The van der Waals surface area contributed by atoms with Crippen LogP contribution >= 0.6 is 11.6 Å². The van der Waals surface area contributed by atoms with Gasteiger partial charge in [0.1, 0.15) is 11.5 Å². The third kappa shape index (κ3) is 4.20. The molecule has 2 aromatic rings. The van der Waals surface area contributed by atoms with E-state index in [0.717, 1.165) is 5.56 Å². The number of aliphatic hydroxyl groups is 1. The van der Waals surface area contributed by atoms with Gasteiger partial charge in [0.2, 0.25) is 5.91 Å². The van der Waals surface area contributed by atoms with Crippen LogP contribution in [0.2, 0.25) is 0 Å². The Bertz CT molecular complexity index is 628. The molecule has 0 saturated carbocycles. The molecular formula is C18H18ClNO2. The topological polar surface area (TPSA) is 40.5 Å². The number of amides is 1. The van der Waals surface area contributed by atoms with Crippen molar-refractivity contribution in [1.82, 2.24) is 4.90 Å². The number of carbonyl (C=O) groups is 1. The molecule has 22 heavy (non-hydrogen) atoms. The Kier molecular flexibility index (Phi) is 5.75. The molecule has 2 aromatic carbocycles. The molecule has 4 heteroatoms. The Hall–Kier alpha value is -2.10. The highest BCUT2D eigenvalue weighted by atomic mass is 35.5. The molecule has 0 aliphatic heterocycles. The number of aliphatic hydroxyl groups excluding tert-OH is 1. The number of nitrogens with zero attached hydrogens (tertiary/aromatic N) is 1. The molecule has 2 unspecified atom stereocenters. The average molecular weight is 316 g/mol. The van der Waals surface area contributed by atoms with Crippen molar-refractivity contribution in [2.24, 2.45) is 0 Å². The predicted molar refractivity (Wildman–Crippen MR) is 89.3 cm³/mol. The largest absolute Gasteiger partial charge is 0.386 e. The van der Waals surface area contributed by atoms with Gasteiger partial charge in [0, 0.05) is 13.2 Å². The first-order valence-electron chi connectivity index (χ1n) is 6.96. The fraction of sp³-hybridized carbons (Fsp3) is 0.167. The number of halogens is 1. The van der Waals surface area contributed by atoms with Gasteiger partial charge in [-0.25, -0.2) is 0 Å². The first-order chi connectivity index (χ1) is 10.6.